The standard InChI is InChI=1S/C30H27N3O3S/c31-25(19-37)29(35)32-23-16-17-26(24(18-23)28(34)22-14-8-3-9-15-22)33-30(36)27(20-10-4-1-5-11-20)21-12-6-2-7-13-21/h1-18,25,27,37H,19,31H2,(H,32,35)(H,33,36)/p+1/t25-/m0/s1. The summed E-state index contributed by atoms with van der Waals surface area (Å²) in [7, 11) is 0. The molecule has 37 heavy (non-hydrogen) atoms. The highest BCUT2D eigenvalue weighted by Gasteiger charge is 2.25. The van der Waals surface area contributed by atoms with Gasteiger partial charge in [-0.15, -0.1) is 0 Å². The van der Waals surface area contributed by atoms with Gasteiger partial charge < -0.3 is 16.4 Å². The molecule has 2 amide bonds. The number of carbonyl (C=O) groups is 3. The summed E-state index contributed by atoms with van der Waals surface area (Å²) in [5.74, 6) is -1.15. The summed E-state index contributed by atoms with van der Waals surface area (Å²) in [5.41, 5.74) is 6.97. The molecule has 4 aromatic rings. The van der Waals surface area contributed by atoms with E-state index in [1.807, 2.05) is 66.7 Å². The Hall–Kier alpha value is -4.20. The lowest BCUT2D eigenvalue weighted by Gasteiger charge is -2.20. The third-order valence-electron chi connectivity index (χ3n) is 5.94. The van der Waals surface area contributed by atoms with E-state index in [0.717, 1.165) is 11.1 Å². The largest absolute Gasteiger partial charge is 0.347 e. The molecule has 0 spiro atoms. The number of benzene rings is 4. The van der Waals surface area contributed by atoms with Crippen LogP contribution in [-0.4, -0.2) is 29.4 Å². The highest BCUT2D eigenvalue weighted by atomic mass is 32.1. The molecule has 0 bridgehead atoms. The highest BCUT2D eigenvalue weighted by Crippen LogP contribution is 2.29. The molecule has 0 aliphatic carbocycles. The molecular weight excluding hydrogens is 482 g/mol. The second kappa shape index (κ2) is 12.2. The van der Waals surface area contributed by atoms with Crippen molar-refractivity contribution in [1.29, 1.82) is 0 Å². The number of rotatable bonds is 9. The SMILES string of the molecule is [NH3+][C@@H](CS)C(=O)Nc1ccc(NC(=O)C(c2ccccc2)c2ccccc2)c(C(=O)c2ccccc2)c1. The quantitative estimate of drug-likeness (QED) is 0.201. The minimum Gasteiger partial charge on any atom is -0.347 e. The Kier molecular flexibility index (Phi) is 8.51. The molecule has 0 unspecified atom stereocenters. The van der Waals surface area contributed by atoms with Gasteiger partial charge in [-0.25, -0.2) is 0 Å². The van der Waals surface area contributed by atoms with E-state index in [-0.39, 0.29) is 28.9 Å². The Morgan fingerprint density at radius 1 is 0.703 bits per heavy atom. The van der Waals surface area contributed by atoms with Gasteiger partial charge in [-0.1, -0.05) is 91.0 Å². The Labute approximate surface area is 221 Å². The van der Waals surface area contributed by atoms with Crippen LogP contribution in [-0.2, 0) is 9.59 Å². The molecule has 0 aromatic heterocycles. The van der Waals surface area contributed by atoms with Gasteiger partial charge in [-0.3, -0.25) is 14.4 Å². The molecule has 186 valence electrons. The van der Waals surface area contributed by atoms with E-state index < -0.39 is 12.0 Å². The molecule has 0 aliphatic heterocycles. The van der Waals surface area contributed by atoms with Gasteiger partial charge in [-0.05, 0) is 29.3 Å². The first-order valence-electron chi connectivity index (χ1n) is 11.9. The summed E-state index contributed by atoms with van der Waals surface area (Å²) in [6, 6.07) is 32.1. The van der Waals surface area contributed by atoms with Gasteiger partial charge >= 0.3 is 0 Å². The van der Waals surface area contributed by atoms with Gasteiger partial charge in [0.25, 0.3) is 5.91 Å². The fourth-order valence-electron chi connectivity index (χ4n) is 3.98. The van der Waals surface area contributed by atoms with E-state index in [1.54, 1.807) is 42.5 Å². The zero-order valence-corrected chi connectivity index (χ0v) is 21.0. The molecule has 0 aliphatic rings. The Balaban J connectivity index is 1.72. The molecule has 0 heterocycles. The van der Waals surface area contributed by atoms with Crippen LogP contribution in [0.15, 0.2) is 109 Å². The number of quaternary nitrogens is 1. The lowest BCUT2D eigenvalue weighted by molar-refractivity contribution is -0.395. The van der Waals surface area contributed by atoms with Crippen molar-refractivity contribution in [2.75, 3.05) is 16.4 Å². The van der Waals surface area contributed by atoms with Gasteiger partial charge in [0.1, 0.15) is 0 Å². The van der Waals surface area contributed by atoms with Gasteiger partial charge in [0.2, 0.25) is 5.91 Å². The van der Waals surface area contributed by atoms with Crippen LogP contribution in [0.4, 0.5) is 11.4 Å². The summed E-state index contributed by atoms with van der Waals surface area (Å²) in [6.07, 6.45) is 0. The first-order chi connectivity index (χ1) is 18.0. The van der Waals surface area contributed by atoms with Gasteiger partial charge in [-0.2, -0.15) is 12.6 Å². The van der Waals surface area contributed by atoms with Gasteiger partial charge in [0.15, 0.2) is 11.8 Å². The summed E-state index contributed by atoms with van der Waals surface area (Å²) >= 11 is 4.13. The number of hydrogen-bond acceptors (Lipinski definition) is 4. The predicted octanol–water partition coefficient (Wildman–Crippen LogP) is 4.17. The fraction of sp³-hybridized carbons (Fsp3) is 0.100. The minimum atomic E-state index is -0.580. The maximum atomic E-state index is 13.7. The molecule has 1 atom stereocenters. The number of amides is 2. The van der Waals surface area contributed by atoms with E-state index in [0.29, 0.717) is 16.9 Å². The van der Waals surface area contributed by atoms with Crippen molar-refractivity contribution < 1.29 is 20.1 Å². The molecule has 0 saturated heterocycles. The van der Waals surface area contributed by atoms with Crippen molar-refractivity contribution in [2.24, 2.45) is 0 Å². The smallest absolute Gasteiger partial charge is 0.283 e. The molecular formula is C30H28N3O3S+. The molecule has 7 heteroatoms. The molecule has 5 N–H and O–H groups in total. The van der Waals surface area contributed by atoms with Crippen LogP contribution in [0.3, 0.4) is 0 Å². The Morgan fingerprint density at radius 3 is 1.78 bits per heavy atom. The zero-order chi connectivity index (χ0) is 26.2. The number of anilines is 2. The fourth-order valence-corrected chi connectivity index (χ4v) is 4.15. The van der Waals surface area contributed by atoms with Crippen molar-refractivity contribution in [2.45, 2.75) is 12.0 Å². The normalized spacial score (nSPS) is 11.5. The van der Waals surface area contributed by atoms with Gasteiger partial charge in [0.05, 0.1) is 17.4 Å². The third kappa shape index (κ3) is 6.33. The zero-order valence-electron chi connectivity index (χ0n) is 20.1. The lowest BCUT2D eigenvalue weighted by atomic mass is 9.90. The van der Waals surface area contributed by atoms with E-state index in [4.69, 9.17) is 0 Å². The monoisotopic (exact) mass is 510 g/mol. The van der Waals surface area contributed by atoms with E-state index in [2.05, 4.69) is 29.0 Å². The maximum Gasteiger partial charge on any atom is 0.283 e. The summed E-state index contributed by atoms with van der Waals surface area (Å²) in [5, 5.41) is 5.75. The number of nitrogens with one attached hydrogen (secondary N) is 2. The molecule has 4 rings (SSSR count). The van der Waals surface area contributed by atoms with Crippen molar-refractivity contribution in [3.05, 3.63) is 131 Å². The van der Waals surface area contributed by atoms with Crippen molar-refractivity contribution in [3.8, 4) is 0 Å². The lowest BCUT2D eigenvalue weighted by Crippen LogP contribution is -2.67. The predicted molar refractivity (Wildman–Crippen MR) is 149 cm³/mol. The molecule has 0 saturated carbocycles. The first kappa shape index (κ1) is 25.9. The van der Waals surface area contributed by atoms with Crippen molar-refractivity contribution in [1.82, 2.24) is 0 Å². The maximum absolute atomic E-state index is 13.7. The van der Waals surface area contributed by atoms with Crippen LogP contribution in [0.5, 0.6) is 0 Å². The van der Waals surface area contributed by atoms with Crippen LogP contribution in [0.2, 0.25) is 0 Å². The van der Waals surface area contributed by atoms with Crippen LogP contribution in [0.1, 0.15) is 33.0 Å². The first-order valence-corrected chi connectivity index (χ1v) is 12.5. The van der Waals surface area contributed by atoms with Crippen LogP contribution < -0.4 is 16.4 Å². The summed E-state index contributed by atoms with van der Waals surface area (Å²) in [6.45, 7) is 0. The summed E-state index contributed by atoms with van der Waals surface area (Å²) < 4.78 is 0. The van der Waals surface area contributed by atoms with E-state index in [9.17, 15) is 14.4 Å². The number of carbonyl (C=O) groups excluding carboxylic acids is 3. The Bertz CT molecular complexity index is 1340. The van der Waals surface area contributed by atoms with Gasteiger partial charge in [0, 0.05) is 16.8 Å². The number of ketones is 1. The Morgan fingerprint density at radius 2 is 1.24 bits per heavy atom. The molecule has 6 nitrogen and oxygen atoms in total. The van der Waals surface area contributed by atoms with Crippen LogP contribution >= 0.6 is 12.6 Å². The van der Waals surface area contributed by atoms with Crippen LogP contribution in [0.25, 0.3) is 0 Å². The highest BCUT2D eigenvalue weighted by molar-refractivity contribution is 7.80. The second-order valence-electron chi connectivity index (χ2n) is 8.57. The average molecular weight is 511 g/mol. The second-order valence-corrected chi connectivity index (χ2v) is 8.93. The molecule has 0 radical (unpaired) electrons. The van der Waals surface area contributed by atoms with Crippen LogP contribution in [0, 0.1) is 0 Å². The topological polar surface area (TPSA) is 103 Å². The third-order valence-corrected chi connectivity index (χ3v) is 6.39. The van der Waals surface area contributed by atoms with Crippen molar-refractivity contribution >= 4 is 41.6 Å². The van der Waals surface area contributed by atoms with Crippen molar-refractivity contribution in [3.63, 3.8) is 0 Å². The van der Waals surface area contributed by atoms with E-state index in [1.165, 1.54) is 0 Å². The number of hydrogen-bond donors (Lipinski definition) is 4. The average Bonchev–Trinajstić information content (AvgIpc) is 2.94. The molecule has 0 fully saturated rings. The minimum absolute atomic E-state index is 0.267. The molecule has 4 aromatic carbocycles. The van der Waals surface area contributed by atoms with E-state index >= 15 is 0 Å². The number of thiol groups is 1. The summed E-state index contributed by atoms with van der Waals surface area (Å²) in [4.78, 5) is 39.6.